The molecule has 1 N–H and O–H groups in total. The Bertz CT molecular complexity index is 541. The number of amides is 2. The molecule has 0 bridgehead atoms. The summed E-state index contributed by atoms with van der Waals surface area (Å²) in [7, 11) is 1.57. The van der Waals surface area contributed by atoms with E-state index in [2.05, 4.69) is 0 Å². The van der Waals surface area contributed by atoms with Crippen LogP contribution in [0.25, 0.3) is 0 Å². The Balaban J connectivity index is 2.20. The number of likely N-dealkylation sites (N-methyl/N-ethyl adjacent to an activating group) is 1. The van der Waals surface area contributed by atoms with Crippen LogP contribution in [0.2, 0.25) is 0 Å². The molecule has 0 spiro atoms. The monoisotopic (exact) mass is 262 g/mol. The van der Waals surface area contributed by atoms with Crippen LogP contribution < -0.4 is 0 Å². The Morgan fingerprint density at radius 1 is 1.21 bits per heavy atom. The number of hydrogen-bond acceptors (Lipinski definition) is 3. The molecule has 2 amide bonds. The van der Waals surface area contributed by atoms with E-state index in [9.17, 15) is 14.4 Å². The fraction of sp³-hybridized carbons (Fsp3) is 0.308. The van der Waals surface area contributed by atoms with Crippen LogP contribution in [0.3, 0.4) is 0 Å². The number of aromatic carboxylic acids is 1. The second-order valence-corrected chi connectivity index (χ2v) is 4.46. The molecule has 0 atom stereocenters. The first-order chi connectivity index (χ1) is 8.99. The van der Waals surface area contributed by atoms with Gasteiger partial charge in [0.15, 0.2) is 0 Å². The molecule has 0 saturated carbocycles. The van der Waals surface area contributed by atoms with Crippen LogP contribution >= 0.6 is 0 Å². The fourth-order valence-corrected chi connectivity index (χ4v) is 1.98. The van der Waals surface area contributed by atoms with Gasteiger partial charge >= 0.3 is 5.97 Å². The minimum Gasteiger partial charge on any atom is -0.478 e. The highest BCUT2D eigenvalue weighted by atomic mass is 16.4. The highest BCUT2D eigenvalue weighted by Gasteiger charge is 2.28. The van der Waals surface area contributed by atoms with Gasteiger partial charge in [-0.25, -0.2) is 4.79 Å². The number of carbonyl (C=O) groups excluding carboxylic acids is 2. The lowest BCUT2D eigenvalue weighted by Gasteiger charge is -2.31. The molecule has 1 aromatic rings. The van der Waals surface area contributed by atoms with E-state index in [1.54, 1.807) is 25.2 Å². The molecule has 1 aliphatic rings. The predicted octanol–water partition coefficient (Wildman–Crippen LogP) is 0.185. The van der Waals surface area contributed by atoms with Crippen molar-refractivity contribution in [2.75, 3.05) is 20.1 Å². The van der Waals surface area contributed by atoms with Crippen molar-refractivity contribution >= 4 is 17.8 Å². The molecule has 0 aromatic heterocycles. The van der Waals surface area contributed by atoms with Crippen LogP contribution in [-0.2, 0) is 16.1 Å². The summed E-state index contributed by atoms with van der Waals surface area (Å²) in [5.41, 5.74) is 0.683. The van der Waals surface area contributed by atoms with Gasteiger partial charge in [0.1, 0.15) is 6.54 Å². The van der Waals surface area contributed by atoms with Crippen LogP contribution in [0.5, 0.6) is 0 Å². The first-order valence-electron chi connectivity index (χ1n) is 5.82. The van der Waals surface area contributed by atoms with Gasteiger partial charge in [0, 0.05) is 13.6 Å². The minimum absolute atomic E-state index is 0.0106. The summed E-state index contributed by atoms with van der Waals surface area (Å²) in [5.74, 6) is -1.36. The molecule has 1 fully saturated rings. The van der Waals surface area contributed by atoms with E-state index < -0.39 is 5.97 Å². The van der Waals surface area contributed by atoms with Crippen molar-refractivity contribution in [1.29, 1.82) is 0 Å². The summed E-state index contributed by atoms with van der Waals surface area (Å²) < 4.78 is 0. The Labute approximate surface area is 110 Å². The average Bonchev–Trinajstić information content (AvgIpc) is 2.36. The van der Waals surface area contributed by atoms with E-state index in [0.717, 1.165) is 0 Å². The third-order valence-corrected chi connectivity index (χ3v) is 3.09. The Morgan fingerprint density at radius 2 is 1.89 bits per heavy atom. The van der Waals surface area contributed by atoms with Crippen molar-refractivity contribution in [3.63, 3.8) is 0 Å². The zero-order chi connectivity index (χ0) is 14.0. The van der Waals surface area contributed by atoms with E-state index in [4.69, 9.17) is 5.11 Å². The Morgan fingerprint density at radius 3 is 2.58 bits per heavy atom. The normalized spacial score (nSPS) is 15.8. The number of rotatable bonds is 3. The summed E-state index contributed by atoms with van der Waals surface area (Å²) in [5, 5.41) is 9.08. The van der Waals surface area contributed by atoms with Gasteiger partial charge in [-0.3, -0.25) is 9.59 Å². The highest BCUT2D eigenvalue weighted by Crippen LogP contribution is 2.14. The number of nitrogens with zero attached hydrogens (tertiary/aromatic N) is 2. The molecule has 6 heteroatoms. The highest BCUT2D eigenvalue weighted by molar-refractivity contribution is 5.93. The largest absolute Gasteiger partial charge is 0.478 e. The number of piperazine rings is 1. The molecule has 0 radical (unpaired) electrons. The molecule has 6 nitrogen and oxygen atoms in total. The van der Waals surface area contributed by atoms with Crippen LogP contribution in [0.15, 0.2) is 24.3 Å². The molecule has 0 unspecified atom stereocenters. The molecular formula is C13H14N2O4. The summed E-state index contributed by atoms with van der Waals surface area (Å²) in [4.78, 5) is 37.2. The van der Waals surface area contributed by atoms with Gasteiger partial charge in [-0.2, -0.15) is 0 Å². The van der Waals surface area contributed by atoms with Gasteiger partial charge in [0.2, 0.25) is 11.8 Å². The zero-order valence-electron chi connectivity index (χ0n) is 10.5. The van der Waals surface area contributed by atoms with Crippen LogP contribution in [0, 0.1) is 0 Å². The van der Waals surface area contributed by atoms with Crippen LogP contribution in [0.4, 0.5) is 0 Å². The smallest absolute Gasteiger partial charge is 0.336 e. The van der Waals surface area contributed by atoms with Crippen molar-refractivity contribution in [2.24, 2.45) is 0 Å². The average molecular weight is 262 g/mol. The second-order valence-electron chi connectivity index (χ2n) is 4.46. The van der Waals surface area contributed by atoms with Crippen molar-refractivity contribution in [1.82, 2.24) is 9.80 Å². The van der Waals surface area contributed by atoms with Crippen molar-refractivity contribution in [3.8, 4) is 0 Å². The lowest BCUT2D eigenvalue weighted by Crippen LogP contribution is -2.51. The molecular weight excluding hydrogens is 248 g/mol. The molecule has 19 heavy (non-hydrogen) atoms. The maximum absolute atomic E-state index is 11.8. The quantitative estimate of drug-likeness (QED) is 0.843. The third-order valence-electron chi connectivity index (χ3n) is 3.09. The number of benzene rings is 1. The van der Waals surface area contributed by atoms with E-state index in [-0.39, 0.29) is 37.0 Å². The number of hydrogen-bond donors (Lipinski definition) is 1. The fourth-order valence-electron chi connectivity index (χ4n) is 1.98. The van der Waals surface area contributed by atoms with Gasteiger partial charge in [-0.15, -0.1) is 0 Å². The van der Waals surface area contributed by atoms with Gasteiger partial charge in [-0.1, -0.05) is 18.2 Å². The molecule has 100 valence electrons. The summed E-state index contributed by atoms with van der Waals surface area (Å²) >= 11 is 0. The Kier molecular flexibility index (Phi) is 3.50. The maximum atomic E-state index is 11.8. The van der Waals surface area contributed by atoms with E-state index in [1.807, 2.05) is 0 Å². The van der Waals surface area contributed by atoms with Crippen molar-refractivity contribution in [3.05, 3.63) is 35.4 Å². The van der Waals surface area contributed by atoms with E-state index in [1.165, 1.54) is 15.9 Å². The Hall–Kier alpha value is -2.37. The first kappa shape index (κ1) is 13.1. The summed E-state index contributed by atoms with van der Waals surface area (Å²) in [6.45, 7) is 0.165. The minimum atomic E-state index is -1.04. The SMILES string of the molecule is CN1CC(=O)N(Cc2ccccc2C(=O)O)CC1=O. The first-order valence-corrected chi connectivity index (χ1v) is 5.82. The molecule has 2 rings (SSSR count). The summed E-state index contributed by atoms with van der Waals surface area (Å²) in [6, 6.07) is 6.48. The van der Waals surface area contributed by atoms with Gasteiger partial charge in [-0.05, 0) is 11.6 Å². The van der Waals surface area contributed by atoms with E-state index in [0.29, 0.717) is 5.56 Å². The molecule has 1 heterocycles. The van der Waals surface area contributed by atoms with Crippen molar-refractivity contribution in [2.45, 2.75) is 6.54 Å². The second kappa shape index (κ2) is 5.09. The van der Waals surface area contributed by atoms with Crippen molar-refractivity contribution < 1.29 is 19.5 Å². The number of carboxylic acids is 1. The molecule has 1 saturated heterocycles. The van der Waals surface area contributed by atoms with E-state index >= 15 is 0 Å². The topological polar surface area (TPSA) is 77.9 Å². The maximum Gasteiger partial charge on any atom is 0.336 e. The predicted molar refractivity (Wildman–Crippen MR) is 66.5 cm³/mol. The zero-order valence-corrected chi connectivity index (χ0v) is 10.5. The lowest BCUT2D eigenvalue weighted by atomic mass is 10.1. The number of carboxylic acid groups (broad SMARTS) is 1. The van der Waals surface area contributed by atoms with Crippen LogP contribution in [0.1, 0.15) is 15.9 Å². The van der Waals surface area contributed by atoms with Gasteiger partial charge < -0.3 is 14.9 Å². The summed E-state index contributed by atoms with van der Waals surface area (Å²) in [6.07, 6.45) is 0. The number of carbonyl (C=O) groups is 3. The lowest BCUT2D eigenvalue weighted by molar-refractivity contribution is -0.149. The molecule has 1 aromatic carbocycles. The standard InChI is InChI=1S/C13H14N2O4/c1-14-7-12(17)15(8-11(14)16)6-9-4-2-3-5-10(9)13(18)19/h2-5H,6-8H2,1H3,(H,18,19). The van der Waals surface area contributed by atoms with Gasteiger partial charge in [0.05, 0.1) is 12.1 Å². The molecule has 1 aliphatic heterocycles. The molecule has 0 aliphatic carbocycles. The van der Waals surface area contributed by atoms with Crippen LogP contribution in [-0.4, -0.2) is 52.8 Å². The van der Waals surface area contributed by atoms with Gasteiger partial charge in [0.25, 0.3) is 0 Å². The third kappa shape index (κ3) is 2.73.